The van der Waals surface area contributed by atoms with Crippen molar-refractivity contribution >= 4 is 22.7 Å². The fraction of sp³-hybridized carbons (Fsp3) is 0.200. The summed E-state index contributed by atoms with van der Waals surface area (Å²) in [7, 11) is 0. The lowest BCUT2D eigenvalue weighted by Gasteiger charge is -2.10. The second-order valence-corrected chi connectivity index (χ2v) is 5.25. The molecule has 0 saturated heterocycles. The van der Waals surface area contributed by atoms with E-state index in [0.29, 0.717) is 5.69 Å². The van der Waals surface area contributed by atoms with Crippen LogP contribution in [0.2, 0.25) is 0 Å². The summed E-state index contributed by atoms with van der Waals surface area (Å²) in [6.45, 7) is 1.14. The third-order valence-corrected chi connectivity index (χ3v) is 3.42. The van der Waals surface area contributed by atoms with Crippen molar-refractivity contribution in [3.05, 3.63) is 52.2 Å². The van der Waals surface area contributed by atoms with Gasteiger partial charge in [-0.05, 0) is 25.1 Å². The zero-order valence-corrected chi connectivity index (χ0v) is 12.8. The van der Waals surface area contributed by atoms with Crippen LogP contribution < -0.4 is 10.9 Å². The summed E-state index contributed by atoms with van der Waals surface area (Å²) >= 11 is 0. The van der Waals surface area contributed by atoms with Crippen molar-refractivity contribution in [2.24, 2.45) is 0 Å². The first kappa shape index (κ1) is 16.7. The molecule has 0 bridgehead atoms. The van der Waals surface area contributed by atoms with Crippen LogP contribution in [0.1, 0.15) is 11.3 Å². The maximum absolute atomic E-state index is 12.7. The molecule has 3 aromatic rings. The molecule has 0 saturated carbocycles. The number of nitrogens with one attached hydrogen (secondary N) is 1. The Kier molecular flexibility index (Phi) is 4.03. The van der Waals surface area contributed by atoms with Crippen LogP contribution >= 0.6 is 0 Å². The molecule has 0 unspecified atom stereocenters. The molecule has 2 aromatic heterocycles. The number of hydrogen-bond donors (Lipinski definition) is 1. The standard InChI is InChI=1S/C15H11F3N4O3/c1-8-12-13(25-21-8)19-7-22(14(12)24)6-11(23)20-10-4-2-3-9(5-10)15(16,17)18/h2-5,7H,6H2,1H3,(H,20,23). The van der Waals surface area contributed by atoms with Crippen molar-refractivity contribution in [1.82, 2.24) is 14.7 Å². The average molecular weight is 352 g/mol. The number of fused-ring (bicyclic) bond motifs is 1. The summed E-state index contributed by atoms with van der Waals surface area (Å²) in [4.78, 5) is 28.2. The van der Waals surface area contributed by atoms with E-state index in [1.54, 1.807) is 6.92 Å². The quantitative estimate of drug-likeness (QED) is 0.781. The largest absolute Gasteiger partial charge is 0.416 e. The van der Waals surface area contributed by atoms with Gasteiger partial charge in [0.15, 0.2) is 0 Å². The molecule has 1 aromatic carbocycles. The minimum absolute atomic E-state index is 0.0249. The first-order valence-corrected chi connectivity index (χ1v) is 7.04. The van der Waals surface area contributed by atoms with Crippen molar-refractivity contribution < 1.29 is 22.5 Å². The molecule has 1 amide bonds. The third-order valence-electron chi connectivity index (χ3n) is 3.42. The lowest BCUT2D eigenvalue weighted by atomic mass is 10.2. The summed E-state index contributed by atoms with van der Waals surface area (Å²) in [6, 6.07) is 4.21. The molecule has 130 valence electrons. The van der Waals surface area contributed by atoms with E-state index >= 15 is 0 Å². The van der Waals surface area contributed by atoms with E-state index in [0.717, 1.165) is 23.0 Å². The Hall–Kier alpha value is -3.17. The third kappa shape index (κ3) is 3.37. The SMILES string of the molecule is Cc1noc2ncn(CC(=O)Nc3cccc(C(F)(F)F)c3)c(=O)c12. The van der Waals surface area contributed by atoms with Crippen LogP contribution in [-0.2, 0) is 17.5 Å². The van der Waals surface area contributed by atoms with Crippen LogP contribution in [0.15, 0.2) is 39.9 Å². The lowest BCUT2D eigenvalue weighted by Crippen LogP contribution is -2.28. The maximum Gasteiger partial charge on any atom is 0.416 e. The summed E-state index contributed by atoms with van der Waals surface area (Å²) in [5, 5.41) is 6.09. The molecule has 1 N–H and O–H groups in total. The van der Waals surface area contributed by atoms with Crippen LogP contribution in [0.3, 0.4) is 0 Å². The number of halogens is 3. The molecule has 7 nitrogen and oxygen atoms in total. The molecular weight excluding hydrogens is 341 g/mol. The predicted octanol–water partition coefficient (Wildman–Crippen LogP) is 2.35. The Morgan fingerprint density at radius 2 is 2.12 bits per heavy atom. The number of alkyl halides is 3. The van der Waals surface area contributed by atoms with E-state index in [1.165, 1.54) is 12.1 Å². The lowest BCUT2D eigenvalue weighted by molar-refractivity contribution is -0.137. The van der Waals surface area contributed by atoms with Crippen LogP contribution in [-0.4, -0.2) is 20.6 Å². The Morgan fingerprint density at radius 1 is 1.36 bits per heavy atom. The zero-order valence-electron chi connectivity index (χ0n) is 12.8. The number of aryl methyl sites for hydroxylation is 1. The average Bonchev–Trinajstić information content (AvgIpc) is 2.91. The van der Waals surface area contributed by atoms with Gasteiger partial charge < -0.3 is 9.84 Å². The highest BCUT2D eigenvalue weighted by Gasteiger charge is 2.30. The Balaban J connectivity index is 1.81. The summed E-state index contributed by atoms with van der Waals surface area (Å²) in [6.07, 6.45) is -3.40. The molecule has 25 heavy (non-hydrogen) atoms. The van der Waals surface area contributed by atoms with Crippen molar-refractivity contribution in [2.45, 2.75) is 19.6 Å². The van der Waals surface area contributed by atoms with E-state index in [2.05, 4.69) is 15.5 Å². The van der Waals surface area contributed by atoms with Gasteiger partial charge >= 0.3 is 6.18 Å². The molecular formula is C15H11F3N4O3. The number of nitrogens with zero attached hydrogens (tertiary/aromatic N) is 3. The normalized spacial score (nSPS) is 11.7. The van der Waals surface area contributed by atoms with Crippen LogP contribution in [0, 0.1) is 6.92 Å². The number of carbonyl (C=O) groups excluding carboxylic acids is 1. The van der Waals surface area contributed by atoms with Crippen molar-refractivity contribution in [3.8, 4) is 0 Å². The van der Waals surface area contributed by atoms with E-state index in [4.69, 9.17) is 4.52 Å². The first-order valence-electron chi connectivity index (χ1n) is 7.04. The summed E-state index contributed by atoms with van der Waals surface area (Å²) < 4.78 is 43.9. The monoisotopic (exact) mass is 352 g/mol. The molecule has 0 fully saturated rings. The topological polar surface area (TPSA) is 90.0 Å². The molecule has 0 aliphatic rings. The fourth-order valence-corrected chi connectivity index (χ4v) is 2.25. The van der Waals surface area contributed by atoms with Gasteiger partial charge in [-0.2, -0.15) is 13.2 Å². The van der Waals surface area contributed by atoms with Gasteiger partial charge in [-0.25, -0.2) is 4.98 Å². The highest BCUT2D eigenvalue weighted by atomic mass is 19.4. The highest BCUT2D eigenvalue weighted by molar-refractivity contribution is 5.90. The Bertz CT molecular complexity index is 1010. The van der Waals surface area contributed by atoms with Crippen molar-refractivity contribution in [1.29, 1.82) is 0 Å². The number of amides is 1. The predicted molar refractivity (Wildman–Crippen MR) is 80.9 cm³/mol. The van der Waals surface area contributed by atoms with E-state index < -0.39 is 29.8 Å². The number of hydrogen-bond acceptors (Lipinski definition) is 5. The minimum atomic E-state index is -4.52. The molecule has 0 spiro atoms. The van der Waals surface area contributed by atoms with Gasteiger partial charge in [0.05, 0.1) is 11.3 Å². The zero-order chi connectivity index (χ0) is 18.2. The van der Waals surface area contributed by atoms with Gasteiger partial charge in [-0.3, -0.25) is 14.2 Å². The van der Waals surface area contributed by atoms with E-state index in [1.807, 2.05) is 0 Å². The molecule has 0 aliphatic heterocycles. The molecule has 10 heteroatoms. The van der Waals surface area contributed by atoms with Crippen LogP contribution in [0.25, 0.3) is 11.1 Å². The minimum Gasteiger partial charge on any atom is -0.335 e. The smallest absolute Gasteiger partial charge is 0.335 e. The highest BCUT2D eigenvalue weighted by Crippen LogP contribution is 2.30. The van der Waals surface area contributed by atoms with Gasteiger partial charge in [0, 0.05) is 5.69 Å². The summed E-state index contributed by atoms with van der Waals surface area (Å²) in [5.74, 6) is -0.670. The second-order valence-electron chi connectivity index (χ2n) is 5.25. The number of carbonyl (C=O) groups is 1. The number of rotatable bonds is 3. The summed E-state index contributed by atoms with van der Waals surface area (Å²) in [5.41, 5.74) is -1.05. The molecule has 0 aliphatic carbocycles. The van der Waals surface area contributed by atoms with Gasteiger partial charge in [0.1, 0.15) is 18.3 Å². The van der Waals surface area contributed by atoms with E-state index in [-0.39, 0.29) is 16.8 Å². The van der Waals surface area contributed by atoms with Gasteiger partial charge in [0.2, 0.25) is 5.91 Å². The van der Waals surface area contributed by atoms with Crippen LogP contribution in [0.4, 0.5) is 18.9 Å². The second kappa shape index (κ2) is 6.04. The molecule has 0 atom stereocenters. The number of aromatic nitrogens is 3. The van der Waals surface area contributed by atoms with Gasteiger partial charge in [-0.15, -0.1) is 0 Å². The molecule has 3 rings (SSSR count). The number of benzene rings is 1. The van der Waals surface area contributed by atoms with Gasteiger partial charge in [-0.1, -0.05) is 11.2 Å². The fourth-order valence-electron chi connectivity index (χ4n) is 2.25. The molecule has 2 heterocycles. The first-order chi connectivity index (χ1) is 11.8. The van der Waals surface area contributed by atoms with Crippen molar-refractivity contribution in [3.63, 3.8) is 0 Å². The molecule has 0 radical (unpaired) electrons. The van der Waals surface area contributed by atoms with E-state index in [9.17, 15) is 22.8 Å². The van der Waals surface area contributed by atoms with Crippen molar-refractivity contribution in [2.75, 3.05) is 5.32 Å². The Labute approximate surface area is 138 Å². The Morgan fingerprint density at radius 3 is 2.84 bits per heavy atom. The maximum atomic E-state index is 12.7. The van der Waals surface area contributed by atoms with Gasteiger partial charge in [0.25, 0.3) is 11.3 Å². The van der Waals surface area contributed by atoms with Crippen LogP contribution in [0.5, 0.6) is 0 Å². The number of anilines is 1.